The van der Waals surface area contributed by atoms with Gasteiger partial charge < -0.3 is 19.9 Å². The summed E-state index contributed by atoms with van der Waals surface area (Å²) in [4.78, 5) is 25.0. The summed E-state index contributed by atoms with van der Waals surface area (Å²) in [5.74, 6) is -1.33. The molecule has 0 radical (unpaired) electrons. The molecule has 8 nitrogen and oxygen atoms in total. The van der Waals surface area contributed by atoms with E-state index in [2.05, 4.69) is 20.3 Å². The van der Waals surface area contributed by atoms with Crippen LogP contribution in [0, 0.1) is 5.82 Å². The summed E-state index contributed by atoms with van der Waals surface area (Å²) in [5, 5.41) is 13.7. The number of carbonyl (C=O) groups is 1. The average Bonchev–Trinajstić information content (AvgIpc) is 3.31. The molecule has 0 bridgehead atoms. The van der Waals surface area contributed by atoms with Gasteiger partial charge in [-0.05, 0) is 49.4 Å². The quantitative estimate of drug-likeness (QED) is 0.310. The number of nitrogens with one attached hydrogen (secondary N) is 1. The van der Waals surface area contributed by atoms with Gasteiger partial charge in [-0.2, -0.15) is 13.2 Å². The Kier molecular flexibility index (Phi) is 7.02. The molecule has 2 aromatic heterocycles. The Labute approximate surface area is 230 Å². The van der Waals surface area contributed by atoms with Gasteiger partial charge in [-0.25, -0.2) is 23.7 Å². The molecule has 0 spiro atoms. The molecule has 0 fully saturated rings. The molecule has 2 N–H and O–H groups in total. The number of pyridine rings is 1. The number of carbonyl (C=O) groups excluding carboxylic acids is 1. The topological polar surface area (TPSA) is 106 Å². The number of fused-ring (bicyclic) bond motifs is 2. The van der Waals surface area contributed by atoms with Gasteiger partial charge in [0.05, 0.1) is 24.8 Å². The summed E-state index contributed by atoms with van der Waals surface area (Å²) >= 11 is 0. The van der Waals surface area contributed by atoms with Gasteiger partial charge in [0.25, 0.3) is 5.91 Å². The molecule has 2 aromatic carbocycles. The third-order valence-electron chi connectivity index (χ3n) is 7.02. The first-order valence-electron chi connectivity index (χ1n) is 12.3. The van der Waals surface area contributed by atoms with E-state index in [9.17, 15) is 31.9 Å². The van der Waals surface area contributed by atoms with Gasteiger partial charge >= 0.3 is 6.18 Å². The molecule has 4 aromatic rings. The summed E-state index contributed by atoms with van der Waals surface area (Å²) in [5.41, 5.74) is -5.50. The zero-order valence-electron chi connectivity index (χ0n) is 21.7. The molecule has 5 rings (SSSR count). The van der Waals surface area contributed by atoms with E-state index in [0.29, 0.717) is 10.9 Å². The van der Waals surface area contributed by atoms with Crippen molar-refractivity contribution in [2.24, 2.45) is 0 Å². The van der Waals surface area contributed by atoms with E-state index in [1.807, 2.05) is 0 Å². The first-order valence-corrected chi connectivity index (χ1v) is 12.3. The van der Waals surface area contributed by atoms with E-state index in [4.69, 9.17) is 9.47 Å². The Balaban J connectivity index is 1.57. The zero-order valence-corrected chi connectivity index (χ0v) is 21.7. The lowest BCUT2D eigenvalue weighted by atomic mass is 9.83. The predicted molar refractivity (Wildman–Crippen MR) is 137 cm³/mol. The maximum atomic E-state index is 14.6. The van der Waals surface area contributed by atoms with Crippen LogP contribution in [0.15, 0.2) is 55.0 Å². The van der Waals surface area contributed by atoms with Gasteiger partial charge in [-0.15, -0.1) is 0 Å². The number of aliphatic hydroxyl groups is 1. The van der Waals surface area contributed by atoms with Crippen LogP contribution in [0.2, 0.25) is 0 Å². The van der Waals surface area contributed by atoms with E-state index < -0.39 is 47.8 Å². The molecular formula is C28H23F5N4O4. The molecule has 1 aliphatic rings. The molecular weight excluding hydrogens is 551 g/mol. The lowest BCUT2D eigenvalue weighted by Gasteiger charge is -2.31. The normalized spacial score (nSPS) is 18.0. The van der Waals surface area contributed by atoms with Gasteiger partial charge in [-0.1, -0.05) is 0 Å². The largest absolute Gasteiger partial charge is 0.494 e. The fourth-order valence-corrected chi connectivity index (χ4v) is 4.57. The Morgan fingerprint density at radius 3 is 2.59 bits per heavy atom. The van der Waals surface area contributed by atoms with Crippen molar-refractivity contribution in [1.29, 1.82) is 0 Å². The molecule has 2 atom stereocenters. The maximum Gasteiger partial charge on any atom is 0.424 e. The monoisotopic (exact) mass is 574 g/mol. The van der Waals surface area contributed by atoms with Gasteiger partial charge in [0.1, 0.15) is 48.1 Å². The highest BCUT2D eigenvalue weighted by Gasteiger charge is 2.57. The van der Waals surface area contributed by atoms with Crippen molar-refractivity contribution in [2.75, 3.05) is 26.9 Å². The van der Waals surface area contributed by atoms with Gasteiger partial charge in [0, 0.05) is 28.3 Å². The second kappa shape index (κ2) is 10.2. The number of rotatable bonds is 7. The predicted octanol–water partition coefficient (Wildman–Crippen LogP) is 4.64. The Morgan fingerprint density at radius 2 is 1.93 bits per heavy atom. The fraction of sp³-hybridized carbons (Fsp3) is 0.286. The molecule has 0 saturated heterocycles. The van der Waals surface area contributed by atoms with Crippen LogP contribution in [-0.4, -0.2) is 59.1 Å². The van der Waals surface area contributed by atoms with Crippen molar-refractivity contribution in [3.8, 4) is 22.8 Å². The van der Waals surface area contributed by atoms with Crippen LogP contribution < -0.4 is 14.8 Å². The van der Waals surface area contributed by atoms with Crippen LogP contribution >= 0.6 is 0 Å². The van der Waals surface area contributed by atoms with Crippen LogP contribution in [0.5, 0.6) is 11.5 Å². The molecule has 1 aliphatic heterocycles. The van der Waals surface area contributed by atoms with Gasteiger partial charge in [0.2, 0.25) is 5.60 Å². The number of nitrogens with zero attached hydrogens (tertiary/aromatic N) is 3. The van der Waals surface area contributed by atoms with Crippen LogP contribution in [0.3, 0.4) is 0 Å². The minimum absolute atomic E-state index is 0.0274. The number of halogens is 5. The number of amides is 1. The fourth-order valence-electron chi connectivity index (χ4n) is 4.57. The van der Waals surface area contributed by atoms with Crippen molar-refractivity contribution >= 4 is 16.8 Å². The molecule has 0 saturated carbocycles. The van der Waals surface area contributed by atoms with Crippen LogP contribution in [0.1, 0.15) is 28.5 Å². The standard InChI is InChI=1S/C28H23F5N4O4/c1-26(11-29)13-41-24-19(26)9-21(37-23(24)15-3-5-18(30)6-4-15)27(39,28(31,32)33)12-35-25(38)16-7-17-10-34-14-36-22(17)20(8-16)40-2/h3-10,14,39H,11-13H2,1-2H3,(H,35,38)/t26-,27?/m0/s1. The Hall–Kier alpha value is -4.39. The summed E-state index contributed by atoms with van der Waals surface area (Å²) in [6.45, 7) is -1.03. The van der Waals surface area contributed by atoms with Gasteiger partial charge in [0.15, 0.2) is 0 Å². The SMILES string of the molecule is COc1cc(C(=O)NCC(O)(c2cc3c(c(-c4ccc(F)cc4)n2)OC[C@]3(C)CF)C(F)(F)F)cc2cncnc12. The van der Waals surface area contributed by atoms with Crippen LogP contribution in [-0.2, 0) is 11.0 Å². The minimum Gasteiger partial charge on any atom is -0.494 e. The molecule has 13 heteroatoms. The lowest BCUT2D eigenvalue weighted by molar-refractivity contribution is -0.265. The maximum absolute atomic E-state index is 14.6. The number of alkyl halides is 4. The number of hydrogen-bond donors (Lipinski definition) is 2. The van der Waals surface area contributed by atoms with Crippen molar-refractivity contribution in [1.82, 2.24) is 20.3 Å². The summed E-state index contributed by atoms with van der Waals surface area (Å²) in [6.07, 6.45) is -2.65. The molecule has 3 heterocycles. The van der Waals surface area contributed by atoms with Crippen molar-refractivity contribution in [2.45, 2.75) is 24.1 Å². The van der Waals surface area contributed by atoms with E-state index in [-0.39, 0.29) is 40.5 Å². The third-order valence-corrected chi connectivity index (χ3v) is 7.02. The molecule has 41 heavy (non-hydrogen) atoms. The highest BCUT2D eigenvalue weighted by atomic mass is 19.4. The van der Waals surface area contributed by atoms with E-state index >= 15 is 0 Å². The third kappa shape index (κ3) is 4.90. The lowest BCUT2D eigenvalue weighted by Crippen LogP contribution is -2.51. The molecule has 1 unspecified atom stereocenters. The van der Waals surface area contributed by atoms with Crippen LogP contribution in [0.25, 0.3) is 22.2 Å². The summed E-state index contributed by atoms with van der Waals surface area (Å²) in [7, 11) is 1.34. The van der Waals surface area contributed by atoms with Crippen molar-refractivity contribution in [3.63, 3.8) is 0 Å². The van der Waals surface area contributed by atoms with Gasteiger partial charge in [-0.3, -0.25) is 4.79 Å². The first-order chi connectivity index (χ1) is 19.4. The zero-order chi connectivity index (χ0) is 29.6. The smallest absolute Gasteiger partial charge is 0.424 e. The van der Waals surface area contributed by atoms with Crippen molar-refractivity contribution < 1.29 is 41.3 Å². The number of ether oxygens (including phenoxy) is 2. The highest BCUT2D eigenvalue weighted by molar-refractivity contribution is 5.99. The number of methoxy groups -OCH3 is 1. The highest BCUT2D eigenvalue weighted by Crippen LogP contribution is 2.48. The number of benzene rings is 2. The van der Waals surface area contributed by atoms with E-state index in [0.717, 1.165) is 18.2 Å². The number of aromatic nitrogens is 3. The summed E-state index contributed by atoms with van der Waals surface area (Å²) < 4.78 is 82.2. The second-order valence-electron chi connectivity index (χ2n) is 9.90. The molecule has 214 valence electrons. The first kappa shape index (κ1) is 28.1. The minimum atomic E-state index is -5.33. The Bertz CT molecular complexity index is 1630. The van der Waals surface area contributed by atoms with Crippen molar-refractivity contribution in [3.05, 3.63) is 77.6 Å². The van der Waals surface area contributed by atoms with E-state index in [1.54, 1.807) is 0 Å². The molecule has 1 amide bonds. The summed E-state index contributed by atoms with van der Waals surface area (Å²) in [6, 6.07) is 8.32. The average molecular weight is 575 g/mol. The van der Waals surface area contributed by atoms with Crippen LogP contribution in [0.4, 0.5) is 22.0 Å². The Morgan fingerprint density at radius 1 is 1.20 bits per heavy atom. The second-order valence-corrected chi connectivity index (χ2v) is 9.90. The molecule has 0 aliphatic carbocycles. The van der Waals surface area contributed by atoms with E-state index in [1.165, 1.54) is 50.8 Å². The number of hydrogen-bond acceptors (Lipinski definition) is 7.